The molecule has 3 rings (SSSR count). The Morgan fingerprint density at radius 3 is 2.57 bits per heavy atom. The van der Waals surface area contributed by atoms with Crippen molar-refractivity contribution in [3.8, 4) is 0 Å². The molecule has 3 N–H and O–H groups in total. The summed E-state index contributed by atoms with van der Waals surface area (Å²) in [6, 6.07) is 8.65. The predicted molar refractivity (Wildman–Crippen MR) is 116 cm³/mol. The second kappa shape index (κ2) is 10.5. The van der Waals surface area contributed by atoms with Crippen LogP contribution in [-0.2, 0) is 22.6 Å². The maximum absolute atomic E-state index is 12.3. The molecule has 0 spiro atoms. The van der Waals surface area contributed by atoms with Crippen molar-refractivity contribution in [2.45, 2.75) is 31.0 Å². The Morgan fingerprint density at radius 2 is 1.90 bits per heavy atom. The van der Waals surface area contributed by atoms with E-state index in [4.69, 9.17) is 33.4 Å². The van der Waals surface area contributed by atoms with Gasteiger partial charge in [-0.05, 0) is 24.3 Å². The summed E-state index contributed by atoms with van der Waals surface area (Å²) in [7, 11) is 0. The molecule has 0 atom stereocenters. The highest BCUT2D eigenvalue weighted by molar-refractivity contribution is 7.99. The molecule has 8 nitrogen and oxygen atoms in total. The fraction of sp³-hybridized carbons (Fsp3) is 0.263. The van der Waals surface area contributed by atoms with Crippen LogP contribution in [0.15, 0.2) is 46.2 Å². The number of hydrogen-bond donors (Lipinski definition) is 2. The molecule has 158 valence electrons. The number of thioether (sulfide) groups is 1. The van der Waals surface area contributed by atoms with Crippen LogP contribution in [0.1, 0.15) is 24.4 Å². The molecule has 2 heterocycles. The lowest BCUT2D eigenvalue weighted by atomic mass is 10.3. The van der Waals surface area contributed by atoms with Crippen molar-refractivity contribution in [1.82, 2.24) is 14.8 Å². The second-order valence-corrected chi connectivity index (χ2v) is 8.15. The average molecular weight is 468 g/mol. The summed E-state index contributed by atoms with van der Waals surface area (Å²) in [4.78, 5) is 23.4. The fourth-order valence-electron chi connectivity index (χ4n) is 2.62. The lowest BCUT2D eigenvalue weighted by Gasteiger charge is -2.10. The molecular formula is C19H19Cl2N5O3S. The molecule has 0 fully saturated rings. The first-order valence-corrected chi connectivity index (χ1v) is 10.8. The number of anilines is 1. The van der Waals surface area contributed by atoms with Crippen molar-refractivity contribution in [3.05, 3.63) is 58.2 Å². The van der Waals surface area contributed by atoms with Gasteiger partial charge in [0.25, 0.3) is 0 Å². The Bertz CT molecular complexity index is 1000. The van der Waals surface area contributed by atoms with Crippen molar-refractivity contribution in [3.63, 3.8) is 0 Å². The summed E-state index contributed by atoms with van der Waals surface area (Å²) < 4.78 is 7.26. The van der Waals surface area contributed by atoms with E-state index in [2.05, 4.69) is 15.5 Å². The van der Waals surface area contributed by atoms with E-state index in [0.717, 1.165) is 5.76 Å². The van der Waals surface area contributed by atoms with Gasteiger partial charge >= 0.3 is 0 Å². The Labute approximate surface area is 187 Å². The largest absolute Gasteiger partial charge is 0.467 e. The molecule has 0 radical (unpaired) electrons. The number of para-hydroxylation sites is 1. The number of carbonyl (C=O) groups is 2. The molecule has 0 saturated heterocycles. The van der Waals surface area contributed by atoms with Crippen LogP contribution in [0.3, 0.4) is 0 Å². The number of hydrogen-bond acceptors (Lipinski definition) is 6. The number of nitrogens with zero attached hydrogens (tertiary/aromatic N) is 3. The monoisotopic (exact) mass is 467 g/mol. The number of nitrogens with one attached hydrogen (secondary N) is 1. The number of aryl methyl sites for hydroxylation is 1. The Morgan fingerprint density at radius 1 is 1.13 bits per heavy atom. The first-order chi connectivity index (χ1) is 14.4. The molecule has 0 aliphatic carbocycles. The minimum absolute atomic E-state index is 0.169. The summed E-state index contributed by atoms with van der Waals surface area (Å²) >= 11 is 13.5. The summed E-state index contributed by atoms with van der Waals surface area (Å²) in [5.41, 5.74) is 5.64. The molecule has 30 heavy (non-hydrogen) atoms. The molecular weight excluding hydrogens is 449 g/mol. The third-order valence-electron chi connectivity index (χ3n) is 4.07. The van der Waals surface area contributed by atoms with E-state index < -0.39 is 5.91 Å². The molecule has 3 aromatic rings. The molecule has 2 amide bonds. The molecule has 2 aromatic heterocycles. The van der Waals surface area contributed by atoms with Crippen molar-refractivity contribution < 1.29 is 14.0 Å². The Balaban J connectivity index is 1.62. The molecule has 11 heteroatoms. The van der Waals surface area contributed by atoms with Crippen LogP contribution in [0.5, 0.6) is 0 Å². The van der Waals surface area contributed by atoms with Gasteiger partial charge in [0.05, 0.1) is 28.5 Å². The van der Waals surface area contributed by atoms with Crippen molar-refractivity contribution in [2.75, 3.05) is 11.1 Å². The highest BCUT2D eigenvalue weighted by atomic mass is 35.5. The number of rotatable bonds is 10. The zero-order valence-corrected chi connectivity index (χ0v) is 18.1. The summed E-state index contributed by atoms with van der Waals surface area (Å²) in [6.45, 7) is 0.415. The SMILES string of the molecule is NC(=O)CCc1nnc(SCCC(=O)Nc2c(Cl)cccc2Cl)n1Cc1ccco1. The lowest BCUT2D eigenvalue weighted by Crippen LogP contribution is -2.14. The third-order valence-corrected chi connectivity index (χ3v) is 5.67. The molecule has 0 aliphatic heterocycles. The fourth-order valence-corrected chi connectivity index (χ4v) is 4.00. The second-order valence-electron chi connectivity index (χ2n) is 6.27. The van der Waals surface area contributed by atoms with E-state index >= 15 is 0 Å². The van der Waals surface area contributed by atoms with Crippen LogP contribution in [-0.4, -0.2) is 32.3 Å². The average Bonchev–Trinajstić information content (AvgIpc) is 3.34. The van der Waals surface area contributed by atoms with Crippen LogP contribution in [0.2, 0.25) is 10.0 Å². The number of nitrogens with two attached hydrogens (primary N) is 1. The molecule has 1 aromatic carbocycles. The summed E-state index contributed by atoms with van der Waals surface area (Å²) in [5.74, 6) is 1.18. The molecule has 0 unspecified atom stereocenters. The Kier molecular flexibility index (Phi) is 7.78. The van der Waals surface area contributed by atoms with Gasteiger partial charge in [-0.1, -0.05) is 41.0 Å². The van der Waals surface area contributed by atoms with E-state index in [1.54, 1.807) is 30.5 Å². The minimum Gasteiger partial charge on any atom is -0.467 e. The molecule has 0 aliphatic rings. The van der Waals surface area contributed by atoms with Crippen LogP contribution in [0.25, 0.3) is 0 Å². The van der Waals surface area contributed by atoms with Gasteiger partial charge in [-0.3, -0.25) is 14.2 Å². The maximum Gasteiger partial charge on any atom is 0.225 e. The van der Waals surface area contributed by atoms with E-state index in [1.165, 1.54) is 11.8 Å². The number of furan rings is 1. The first-order valence-electron chi connectivity index (χ1n) is 9.03. The number of carbonyl (C=O) groups excluding carboxylic acids is 2. The van der Waals surface area contributed by atoms with Crippen molar-refractivity contribution in [1.29, 1.82) is 0 Å². The highest BCUT2D eigenvalue weighted by Gasteiger charge is 2.16. The van der Waals surface area contributed by atoms with Gasteiger partial charge in [0.15, 0.2) is 5.16 Å². The number of amides is 2. The van der Waals surface area contributed by atoms with Crippen LogP contribution in [0, 0.1) is 0 Å². The standard InChI is InChI=1S/C19H19Cl2N5O3S/c20-13-4-1-5-14(21)18(13)23-17(28)8-10-30-19-25-24-16(7-6-15(22)27)26(19)11-12-3-2-9-29-12/h1-5,9H,6-8,10-11H2,(H2,22,27)(H,23,28). The normalized spacial score (nSPS) is 10.9. The smallest absolute Gasteiger partial charge is 0.225 e. The van der Waals surface area contributed by atoms with Crippen LogP contribution in [0.4, 0.5) is 5.69 Å². The van der Waals surface area contributed by atoms with E-state index in [0.29, 0.717) is 45.4 Å². The van der Waals surface area contributed by atoms with Gasteiger partial charge in [-0.2, -0.15) is 0 Å². The van der Waals surface area contributed by atoms with Gasteiger partial charge in [0, 0.05) is 25.0 Å². The highest BCUT2D eigenvalue weighted by Crippen LogP contribution is 2.30. The van der Waals surface area contributed by atoms with E-state index in [1.807, 2.05) is 10.6 Å². The Hall–Kier alpha value is -2.49. The quantitative estimate of drug-likeness (QED) is 0.438. The summed E-state index contributed by atoms with van der Waals surface area (Å²) in [6.07, 6.45) is 2.34. The van der Waals surface area contributed by atoms with Gasteiger partial charge in [0.1, 0.15) is 11.6 Å². The zero-order valence-electron chi connectivity index (χ0n) is 15.8. The maximum atomic E-state index is 12.3. The van der Waals surface area contributed by atoms with Gasteiger partial charge < -0.3 is 15.5 Å². The number of halogens is 2. The topological polar surface area (TPSA) is 116 Å². The first kappa shape index (κ1) is 22.2. The van der Waals surface area contributed by atoms with Crippen LogP contribution < -0.4 is 11.1 Å². The summed E-state index contributed by atoms with van der Waals surface area (Å²) in [5, 5.41) is 12.5. The van der Waals surface area contributed by atoms with Gasteiger partial charge in [0.2, 0.25) is 11.8 Å². The predicted octanol–water partition coefficient (Wildman–Crippen LogP) is 3.77. The lowest BCUT2D eigenvalue weighted by molar-refractivity contribution is -0.118. The van der Waals surface area contributed by atoms with Gasteiger partial charge in [-0.15, -0.1) is 10.2 Å². The number of benzene rings is 1. The van der Waals surface area contributed by atoms with E-state index in [9.17, 15) is 9.59 Å². The van der Waals surface area contributed by atoms with Crippen LogP contribution >= 0.6 is 35.0 Å². The molecule has 0 saturated carbocycles. The zero-order chi connectivity index (χ0) is 21.5. The number of primary amides is 1. The van der Waals surface area contributed by atoms with Gasteiger partial charge in [-0.25, -0.2) is 0 Å². The minimum atomic E-state index is -0.411. The third kappa shape index (κ3) is 6.01. The van der Waals surface area contributed by atoms with Crippen molar-refractivity contribution in [2.24, 2.45) is 5.73 Å². The number of aromatic nitrogens is 3. The van der Waals surface area contributed by atoms with Crippen molar-refractivity contribution >= 4 is 52.5 Å². The molecule has 0 bridgehead atoms. The van der Waals surface area contributed by atoms with E-state index in [-0.39, 0.29) is 18.7 Å².